The summed E-state index contributed by atoms with van der Waals surface area (Å²) >= 11 is 7.10. The zero-order valence-electron chi connectivity index (χ0n) is 7.66. The zero-order chi connectivity index (χ0) is 10.6. The first-order valence-corrected chi connectivity index (χ1v) is 5.54. The van der Waals surface area contributed by atoms with Gasteiger partial charge < -0.3 is 5.11 Å². The Morgan fingerprint density at radius 3 is 2.93 bits per heavy atom. The first kappa shape index (κ1) is 11.3. The third kappa shape index (κ3) is 2.89. The van der Waals surface area contributed by atoms with Gasteiger partial charge in [-0.05, 0) is 24.3 Å². The highest BCUT2D eigenvalue weighted by molar-refractivity contribution is 7.99. The van der Waals surface area contributed by atoms with Crippen molar-refractivity contribution in [3.8, 4) is 0 Å². The molecule has 76 valence electrons. The molecule has 0 aliphatic heterocycles. The quantitative estimate of drug-likeness (QED) is 0.640. The minimum Gasteiger partial charge on any atom is -0.478 e. The highest BCUT2D eigenvalue weighted by atomic mass is 35.5. The number of carboxylic acids is 1. The molecule has 3 nitrogen and oxygen atoms in total. The van der Waals surface area contributed by atoms with Gasteiger partial charge in [0, 0.05) is 0 Å². The first-order valence-electron chi connectivity index (χ1n) is 4.17. The number of pyridine rings is 1. The molecular formula is C9H10ClNO2S. The van der Waals surface area contributed by atoms with Crippen molar-refractivity contribution in [3.63, 3.8) is 0 Å². The fraction of sp³-hybridized carbons (Fsp3) is 0.333. The Morgan fingerprint density at radius 2 is 2.36 bits per heavy atom. The molecule has 5 heteroatoms. The van der Waals surface area contributed by atoms with Crippen molar-refractivity contribution in [2.45, 2.75) is 18.4 Å². The van der Waals surface area contributed by atoms with Crippen molar-refractivity contribution in [1.29, 1.82) is 0 Å². The number of aromatic nitrogens is 1. The minimum absolute atomic E-state index is 0.216. The van der Waals surface area contributed by atoms with Gasteiger partial charge >= 0.3 is 5.97 Å². The summed E-state index contributed by atoms with van der Waals surface area (Å²) in [4.78, 5) is 14.8. The fourth-order valence-corrected chi connectivity index (χ4v) is 1.96. The van der Waals surface area contributed by atoms with E-state index in [4.69, 9.17) is 16.7 Å². The molecule has 1 aromatic rings. The van der Waals surface area contributed by atoms with Crippen LogP contribution in [0.1, 0.15) is 23.7 Å². The number of carbonyl (C=O) groups is 1. The molecule has 0 aromatic carbocycles. The van der Waals surface area contributed by atoms with Gasteiger partial charge in [0.05, 0.1) is 5.56 Å². The molecule has 0 spiro atoms. The number of halogens is 1. The second-order valence-electron chi connectivity index (χ2n) is 2.64. The van der Waals surface area contributed by atoms with E-state index in [0.29, 0.717) is 10.2 Å². The van der Waals surface area contributed by atoms with Crippen LogP contribution in [0.25, 0.3) is 0 Å². The van der Waals surface area contributed by atoms with Gasteiger partial charge in [-0.25, -0.2) is 9.78 Å². The largest absolute Gasteiger partial charge is 0.478 e. The van der Waals surface area contributed by atoms with Crippen molar-refractivity contribution < 1.29 is 9.90 Å². The fourth-order valence-electron chi connectivity index (χ4n) is 0.889. The van der Waals surface area contributed by atoms with Crippen molar-refractivity contribution in [3.05, 3.63) is 22.8 Å². The van der Waals surface area contributed by atoms with Crippen LogP contribution in [-0.4, -0.2) is 21.8 Å². The predicted molar refractivity (Wildman–Crippen MR) is 57.2 cm³/mol. The standard InChI is InChI=1S/C9H10ClNO2S/c1-2-5-14-8-6(9(12)13)3-4-7(10)11-8/h3-4H,2,5H2,1H3,(H,12,13). The Kier molecular flexibility index (Phi) is 4.22. The summed E-state index contributed by atoms with van der Waals surface area (Å²) in [5.41, 5.74) is 0.216. The first-order chi connectivity index (χ1) is 6.65. The van der Waals surface area contributed by atoms with Crippen molar-refractivity contribution >= 4 is 29.3 Å². The van der Waals surface area contributed by atoms with Gasteiger partial charge in [-0.2, -0.15) is 0 Å². The average molecular weight is 232 g/mol. The van der Waals surface area contributed by atoms with Crippen LogP contribution in [0.2, 0.25) is 5.15 Å². The molecule has 0 saturated carbocycles. The Hall–Kier alpha value is -0.740. The Bertz CT molecular complexity index is 344. The minimum atomic E-state index is -0.965. The van der Waals surface area contributed by atoms with Gasteiger partial charge in [-0.1, -0.05) is 18.5 Å². The number of hydrogen-bond acceptors (Lipinski definition) is 3. The summed E-state index contributed by atoms with van der Waals surface area (Å²) in [6.07, 6.45) is 0.970. The molecule has 1 heterocycles. The molecule has 14 heavy (non-hydrogen) atoms. The van der Waals surface area contributed by atoms with E-state index < -0.39 is 5.97 Å². The highest BCUT2D eigenvalue weighted by Gasteiger charge is 2.11. The molecule has 0 bridgehead atoms. The van der Waals surface area contributed by atoms with Crippen LogP contribution in [0.5, 0.6) is 0 Å². The van der Waals surface area contributed by atoms with E-state index >= 15 is 0 Å². The zero-order valence-corrected chi connectivity index (χ0v) is 9.23. The van der Waals surface area contributed by atoms with Crippen molar-refractivity contribution in [1.82, 2.24) is 4.98 Å². The highest BCUT2D eigenvalue weighted by Crippen LogP contribution is 2.23. The summed E-state index contributed by atoms with van der Waals surface area (Å²) in [5, 5.41) is 9.68. The van der Waals surface area contributed by atoms with Crippen LogP contribution in [-0.2, 0) is 0 Å². The van der Waals surface area contributed by atoms with Gasteiger partial charge in [0.25, 0.3) is 0 Å². The van der Waals surface area contributed by atoms with Gasteiger partial charge in [-0.15, -0.1) is 11.8 Å². The monoisotopic (exact) mass is 231 g/mol. The van der Waals surface area contributed by atoms with E-state index in [0.717, 1.165) is 12.2 Å². The van der Waals surface area contributed by atoms with Gasteiger partial charge in [0.2, 0.25) is 0 Å². The van der Waals surface area contributed by atoms with Crippen LogP contribution >= 0.6 is 23.4 Å². The average Bonchev–Trinajstić information content (AvgIpc) is 2.14. The molecule has 0 saturated heterocycles. The molecule has 0 aliphatic rings. The maximum absolute atomic E-state index is 10.8. The Morgan fingerprint density at radius 1 is 1.64 bits per heavy atom. The number of aromatic carboxylic acids is 1. The maximum Gasteiger partial charge on any atom is 0.338 e. The third-order valence-electron chi connectivity index (χ3n) is 1.50. The van der Waals surface area contributed by atoms with Crippen molar-refractivity contribution in [2.75, 3.05) is 5.75 Å². The lowest BCUT2D eigenvalue weighted by Crippen LogP contribution is -2.01. The summed E-state index contributed by atoms with van der Waals surface area (Å²) in [6, 6.07) is 2.97. The molecule has 1 N–H and O–H groups in total. The van der Waals surface area contributed by atoms with E-state index in [2.05, 4.69) is 4.98 Å². The summed E-state index contributed by atoms with van der Waals surface area (Å²) < 4.78 is 0. The van der Waals surface area contributed by atoms with E-state index in [1.165, 1.54) is 23.9 Å². The molecule has 1 aromatic heterocycles. The summed E-state index contributed by atoms with van der Waals surface area (Å²) in [7, 11) is 0. The normalized spacial score (nSPS) is 10.1. The van der Waals surface area contributed by atoms with E-state index in [9.17, 15) is 4.79 Å². The van der Waals surface area contributed by atoms with Crippen LogP contribution in [0.3, 0.4) is 0 Å². The molecule has 0 aliphatic carbocycles. The lowest BCUT2D eigenvalue weighted by molar-refractivity contribution is 0.0692. The second-order valence-corrected chi connectivity index (χ2v) is 4.11. The molecule has 0 unspecified atom stereocenters. The lowest BCUT2D eigenvalue weighted by Gasteiger charge is -2.03. The van der Waals surface area contributed by atoms with E-state index in [-0.39, 0.29) is 5.56 Å². The number of hydrogen-bond donors (Lipinski definition) is 1. The number of carboxylic acid groups (broad SMARTS) is 1. The molecule has 0 fully saturated rings. The predicted octanol–water partition coefficient (Wildman–Crippen LogP) is 2.94. The molecule has 0 radical (unpaired) electrons. The molecule has 0 amide bonds. The van der Waals surface area contributed by atoms with Crippen LogP contribution in [0.15, 0.2) is 17.2 Å². The lowest BCUT2D eigenvalue weighted by atomic mass is 10.3. The Balaban J connectivity index is 2.97. The van der Waals surface area contributed by atoms with Crippen LogP contribution in [0.4, 0.5) is 0 Å². The summed E-state index contributed by atoms with van der Waals surface area (Å²) in [5.74, 6) is -0.124. The number of rotatable bonds is 4. The molecular weight excluding hydrogens is 222 g/mol. The second kappa shape index (κ2) is 5.22. The van der Waals surface area contributed by atoms with Gasteiger partial charge in [-0.3, -0.25) is 0 Å². The Labute approximate surface area is 91.5 Å². The van der Waals surface area contributed by atoms with E-state index in [1.807, 2.05) is 6.92 Å². The summed E-state index contributed by atoms with van der Waals surface area (Å²) in [6.45, 7) is 2.03. The van der Waals surface area contributed by atoms with Crippen LogP contribution < -0.4 is 0 Å². The third-order valence-corrected chi connectivity index (χ3v) is 2.91. The van der Waals surface area contributed by atoms with Crippen molar-refractivity contribution in [2.24, 2.45) is 0 Å². The van der Waals surface area contributed by atoms with Gasteiger partial charge in [0.1, 0.15) is 10.2 Å². The van der Waals surface area contributed by atoms with E-state index in [1.54, 1.807) is 0 Å². The molecule has 1 rings (SSSR count). The number of nitrogens with zero attached hydrogens (tertiary/aromatic N) is 1. The van der Waals surface area contributed by atoms with Crippen LogP contribution in [0, 0.1) is 0 Å². The topological polar surface area (TPSA) is 50.2 Å². The SMILES string of the molecule is CCCSc1nc(Cl)ccc1C(=O)O. The number of thioether (sulfide) groups is 1. The maximum atomic E-state index is 10.8. The molecule has 0 atom stereocenters. The smallest absolute Gasteiger partial charge is 0.338 e. The van der Waals surface area contributed by atoms with Gasteiger partial charge in [0.15, 0.2) is 0 Å².